The van der Waals surface area contributed by atoms with Gasteiger partial charge in [0.1, 0.15) is 0 Å². The van der Waals surface area contributed by atoms with Gasteiger partial charge in [0.05, 0.1) is 21.8 Å². The van der Waals surface area contributed by atoms with Crippen LogP contribution >= 0.6 is 11.6 Å². The Hall–Kier alpha value is -2.98. The van der Waals surface area contributed by atoms with Crippen LogP contribution in [0.3, 0.4) is 0 Å². The standard InChI is InChI=1S/C36H47ClN4/c1-9-23-25(11-3)33-29(15-7)34-26(12-4)27(13-5)35(40-34)32(37)36-28(14-6)24(10-2)31(41(36)16-8)20-22-18-17-21(38-22)19-30(23)39-33/h17-20,27,38-39H,9-16H2,1-8H3. The maximum atomic E-state index is 7.57. The Morgan fingerprint density at radius 1 is 0.756 bits per heavy atom. The van der Waals surface area contributed by atoms with Gasteiger partial charge in [0.2, 0.25) is 0 Å². The van der Waals surface area contributed by atoms with Crippen LogP contribution in [0.25, 0.3) is 22.8 Å². The number of aliphatic imine (C=N–C) groups is 1. The second-order valence-electron chi connectivity index (χ2n) is 11.2. The van der Waals surface area contributed by atoms with Crippen LogP contribution in [0.4, 0.5) is 0 Å². The van der Waals surface area contributed by atoms with Crippen molar-refractivity contribution in [1.29, 1.82) is 0 Å². The highest BCUT2D eigenvalue weighted by Crippen LogP contribution is 2.39. The largest absolute Gasteiger partial charge is 0.355 e. The number of aromatic amines is 2. The van der Waals surface area contributed by atoms with E-state index in [0.29, 0.717) is 0 Å². The summed E-state index contributed by atoms with van der Waals surface area (Å²) in [5, 5.41) is 5.68. The molecular weight excluding hydrogens is 524 g/mol. The Kier molecular flexibility index (Phi) is 8.70. The zero-order valence-electron chi connectivity index (χ0n) is 26.3. The second kappa shape index (κ2) is 12.1. The summed E-state index contributed by atoms with van der Waals surface area (Å²) in [4.78, 5) is 13.1. The van der Waals surface area contributed by atoms with E-state index >= 15 is 0 Å². The van der Waals surface area contributed by atoms with Crippen molar-refractivity contribution in [1.82, 2.24) is 14.5 Å². The fraction of sp³-hybridized carbons (Fsp3) is 0.472. The molecule has 3 aromatic heterocycles. The van der Waals surface area contributed by atoms with Crippen LogP contribution in [-0.2, 0) is 32.2 Å². The molecule has 0 fully saturated rings. The number of H-pyrrole nitrogens is 2. The number of aromatic nitrogens is 3. The van der Waals surface area contributed by atoms with E-state index in [1.165, 1.54) is 49.4 Å². The maximum absolute atomic E-state index is 7.57. The summed E-state index contributed by atoms with van der Waals surface area (Å²) in [5.41, 5.74) is 12.7. The quantitative estimate of drug-likeness (QED) is 0.327. The summed E-state index contributed by atoms with van der Waals surface area (Å²) in [7, 11) is 0. The number of hydrogen-bond donors (Lipinski definition) is 2. The van der Waals surface area contributed by atoms with Crippen molar-refractivity contribution in [2.24, 2.45) is 10.9 Å². The highest BCUT2D eigenvalue weighted by molar-refractivity contribution is 6.62. The predicted octanol–water partition coefficient (Wildman–Crippen LogP) is 6.14. The first-order chi connectivity index (χ1) is 19.9. The molecule has 0 radical (unpaired) electrons. The van der Waals surface area contributed by atoms with E-state index in [9.17, 15) is 0 Å². The summed E-state index contributed by atoms with van der Waals surface area (Å²) < 4.78 is 2.43. The van der Waals surface area contributed by atoms with E-state index in [4.69, 9.17) is 16.6 Å². The van der Waals surface area contributed by atoms with Crippen LogP contribution in [0.15, 0.2) is 28.4 Å². The molecule has 0 aromatic carbocycles. The molecule has 0 spiro atoms. The number of hydrogen-bond acceptors (Lipinski definition) is 1. The lowest BCUT2D eigenvalue weighted by molar-refractivity contribution is 0.715. The van der Waals surface area contributed by atoms with Gasteiger partial charge in [0.25, 0.3) is 0 Å². The van der Waals surface area contributed by atoms with E-state index in [1.54, 1.807) is 0 Å². The third-order valence-electron chi connectivity index (χ3n) is 9.27. The minimum absolute atomic E-state index is 0.226. The predicted molar refractivity (Wildman–Crippen MR) is 176 cm³/mol. The summed E-state index contributed by atoms with van der Waals surface area (Å²) in [6.07, 6.45) is 11.3. The molecule has 2 N–H and O–H groups in total. The molecule has 5 heteroatoms. The van der Waals surface area contributed by atoms with Crippen molar-refractivity contribution in [3.63, 3.8) is 0 Å². The van der Waals surface area contributed by atoms with Crippen LogP contribution in [0.2, 0.25) is 0 Å². The molecule has 5 heterocycles. The molecule has 4 nitrogen and oxygen atoms in total. The topological polar surface area (TPSA) is 48.9 Å². The van der Waals surface area contributed by atoms with E-state index in [0.717, 1.165) is 84.7 Å². The molecule has 41 heavy (non-hydrogen) atoms. The van der Waals surface area contributed by atoms with Crippen molar-refractivity contribution < 1.29 is 0 Å². The van der Waals surface area contributed by atoms with Crippen LogP contribution in [-0.4, -0.2) is 20.2 Å². The van der Waals surface area contributed by atoms with Crippen molar-refractivity contribution in [3.05, 3.63) is 78.4 Å². The lowest BCUT2D eigenvalue weighted by Crippen LogP contribution is -2.31. The van der Waals surface area contributed by atoms with E-state index in [2.05, 4.69) is 94.2 Å². The van der Waals surface area contributed by atoms with Gasteiger partial charge in [-0.1, -0.05) is 60.1 Å². The SMILES string of the molecule is CCC1=C2N=C(C(Cl)=c3c(CC)c(CC)c(n3CC)=Cc3ccc([nH]3)C=c3[nH]c(c(CC)c3CC)=C2CC)C1CC. The van der Waals surface area contributed by atoms with Gasteiger partial charge in [-0.2, -0.15) is 0 Å². The summed E-state index contributed by atoms with van der Waals surface area (Å²) in [6.45, 7) is 19.0. The van der Waals surface area contributed by atoms with Crippen LogP contribution in [0.1, 0.15) is 108 Å². The van der Waals surface area contributed by atoms with Crippen LogP contribution in [0, 0.1) is 5.92 Å². The summed E-state index contributed by atoms with van der Waals surface area (Å²) in [5.74, 6) is 0.226. The van der Waals surface area contributed by atoms with Crippen molar-refractivity contribution in [2.45, 2.75) is 107 Å². The molecule has 1 unspecified atom stereocenters. The Morgan fingerprint density at radius 2 is 1.41 bits per heavy atom. The van der Waals surface area contributed by atoms with E-state index < -0.39 is 0 Å². The van der Waals surface area contributed by atoms with Gasteiger partial charge in [-0.15, -0.1) is 0 Å². The number of nitrogens with zero attached hydrogens (tertiary/aromatic N) is 2. The Labute approximate surface area is 250 Å². The van der Waals surface area contributed by atoms with Crippen LogP contribution < -0.4 is 21.4 Å². The highest BCUT2D eigenvalue weighted by atomic mass is 35.5. The normalized spacial score (nSPS) is 16.8. The molecule has 3 aromatic rings. The maximum Gasteiger partial charge on any atom is 0.0867 e. The molecule has 218 valence electrons. The van der Waals surface area contributed by atoms with E-state index in [-0.39, 0.29) is 5.92 Å². The molecule has 5 rings (SSSR count). The van der Waals surface area contributed by atoms with Crippen molar-refractivity contribution >= 4 is 40.1 Å². The van der Waals surface area contributed by atoms with E-state index in [1.807, 2.05) is 0 Å². The van der Waals surface area contributed by atoms with Gasteiger partial charge in [-0.3, -0.25) is 4.99 Å². The molecule has 0 amide bonds. The Morgan fingerprint density at radius 3 is 1.98 bits per heavy atom. The molecular formula is C36H47ClN4. The third kappa shape index (κ3) is 4.73. The van der Waals surface area contributed by atoms with Gasteiger partial charge in [-0.05, 0) is 104 Å². The number of nitrogens with one attached hydrogen (secondary N) is 2. The lowest BCUT2D eigenvalue weighted by Gasteiger charge is -2.16. The average molecular weight is 571 g/mol. The second-order valence-corrected chi connectivity index (χ2v) is 11.6. The van der Waals surface area contributed by atoms with Gasteiger partial charge in [0.15, 0.2) is 0 Å². The zero-order chi connectivity index (χ0) is 29.4. The molecule has 8 bridgehead atoms. The molecule has 1 atom stereocenters. The monoisotopic (exact) mass is 570 g/mol. The highest BCUT2D eigenvalue weighted by Gasteiger charge is 2.32. The van der Waals surface area contributed by atoms with Gasteiger partial charge in [0, 0.05) is 45.5 Å². The first-order valence-corrected chi connectivity index (χ1v) is 16.4. The minimum Gasteiger partial charge on any atom is -0.355 e. The fourth-order valence-electron chi connectivity index (χ4n) is 7.44. The molecule has 0 saturated carbocycles. The molecule has 2 aliphatic heterocycles. The van der Waals surface area contributed by atoms with Crippen molar-refractivity contribution in [3.8, 4) is 0 Å². The third-order valence-corrected chi connectivity index (χ3v) is 9.65. The van der Waals surface area contributed by atoms with Gasteiger partial charge < -0.3 is 14.5 Å². The first kappa shape index (κ1) is 29.5. The summed E-state index contributed by atoms with van der Waals surface area (Å²) >= 11 is 7.57. The number of fused-ring (bicyclic) bond motifs is 7. The Balaban J connectivity index is 2.04. The Bertz CT molecular complexity index is 1780. The average Bonchev–Trinajstić information content (AvgIpc) is 3.74. The number of allylic oxidation sites excluding steroid dienone is 2. The minimum atomic E-state index is 0.226. The first-order valence-electron chi connectivity index (χ1n) is 16.0. The summed E-state index contributed by atoms with van der Waals surface area (Å²) in [6, 6.07) is 4.40. The lowest BCUT2D eigenvalue weighted by atomic mass is 9.88. The van der Waals surface area contributed by atoms with Crippen LogP contribution in [0.5, 0.6) is 0 Å². The van der Waals surface area contributed by atoms with Crippen molar-refractivity contribution in [2.75, 3.05) is 0 Å². The fourth-order valence-corrected chi connectivity index (χ4v) is 7.83. The van der Waals surface area contributed by atoms with Gasteiger partial charge in [-0.25, -0.2) is 0 Å². The zero-order valence-corrected chi connectivity index (χ0v) is 27.1. The molecule has 2 aliphatic rings. The van der Waals surface area contributed by atoms with Gasteiger partial charge >= 0.3 is 0 Å². The number of rotatable bonds is 8. The number of halogens is 1. The smallest absolute Gasteiger partial charge is 0.0867 e. The molecule has 0 aliphatic carbocycles. The molecule has 0 saturated heterocycles.